The van der Waals surface area contributed by atoms with Crippen molar-refractivity contribution in [1.82, 2.24) is 0 Å². The predicted molar refractivity (Wildman–Crippen MR) is 102 cm³/mol. The minimum atomic E-state index is -0.479. The van der Waals surface area contributed by atoms with E-state index in [1.165, 1.54) is 29.3 Å². The van der Waals surface area contributed by atoms with Crippen LogP contribution < -0.4 is 9.91 Å². The molecule has 1 aliphatic heterocycles. The molecule has 0 unspecified atom stereocenters. The SMILES string of the molecule is CC1=NN(c2ccc([N+](=O)[O-])cc2)C(=O)/C1=C/c1ccc(N(C)C)cc1. The molecule has 3 rings (SSSR count). The molecule has 0 N–H and O–H groups in total. The third-order valence-electron chi connectivity index (χ3n) is 4.09. The van der Waals surface area contributed by atoms with Crippen LogP contribution in [0.3, 0.4) is 0 Å². The Morgan fingerprint density at radius 1 is 1.08 bits per heavy atom. The van der Waals surface area contributed by atoms with Crippen LogP contribution in [0.4, 0.5) is 17.1 Å². The molecule has 7 heteroatoms. The second kappa shape index (κ2) is 6.79. The lowest BCUT2D eigenvalue weighted by Gasteiger charge is -2.12. The van der Waals surface area contributed by atoms with Crippen LogP contribution in [0.25, 0.3) is 6.08 Å². The maximum atomic E-state index is 12.7. The van der Waals surface area contributed by atoms with Gasteiger partial charge in [0, 0.05) is 31.9 Å². The fraction of sp³-hybridized carbons (Fsp3) is 0.158. The van der Waals surface area contributed by atoms with E-state index < -0.39 is 4.92 Å². The molecule has 0 bridgehead atoms. The first-order valence-electron chi connectivity index (χ1n) is 8.00. The zero-order valence-electron chi connectivity index (χ0n) is 14.7. The number of nitro benzene ring substituents is 1. The highest BCUT2D eigenvalue weighted by Gasteiger charge is 2.28. The summed E-state index contributed by atoms with van der Waals surface area (Å²) < 4.78 is 0. The van der Waals surface area contributed by atoms with Crippen molar-refractivity contribution in [3.05, 3.63) is 69.8 Å². The third kappa shape index (κ3) is 3.32. The first kappa shape index (κ1) is 17.3. The molecule has 0 atom stereocenters. The lowest BCUT2D eigenvalue weighted by atomic mass is 10.1. The van der Waals surface area contributed by atoms with Crippen molar-refractivity contribution in [2.24, 2.45) is 5.10 Å². The van der Waals surface area contributed by atoms with E-state index in [-0.39, 0.29) is 11.6 Å². The van der Waals surface area contributed by atoms with Crippen LogP contribution in [-0.2, 0) is 4.79 Å². The molecule has 7 nitrogen and oxygen atoms in total. The van der Waals surface area contributed by atoms with E-state index >= 15 is 0 Å². The van der Waals surface area contributed by atoms with Gasteiger partial charge in [-0.05, 0) is 42.8 Å². The molecule has 0 aromatic heterocycles. The van der Waals surface area contributed by atoms with E-state index in [0.29, 0.717) is 17.0 Å². The Labute approximate surface area is 151 Å². The maximum Gasteiger partial charge on any atom is 0.280 e. The number of hydrazone groups is 1. The number of benzene rings is 2. The molecule has 0 fully saturated rings. The number of carbonyl (C=O) groups is 1. The molecule has 1 amide bonds. The summed E-state index contributed by atoms with van der Waals surface area (Å²) in [7, 11) is 3.93. The van der Waals surface area contributed by atoms with E-state index in [0.717, 1.165) is 11.3 Å². The highest BCUT2D eigenvalue weighted by atomic mass is 16.6. The minimum absolute atomic E-state index is 0.0298. The van der Waals surface area contributed by atoms with Gasteiger partial charge >= 0.3 is 0 Å². The average molecular weight is 350 g/mol. The molecule has 0 radical (unpaired) electrons. The minimum Gasteiger partial charge on any atom is -0.378 e. The van der Waals surface area contributed by atoms with E-state index in [9.17, 15) is 14.9 Å². The Kier molecular flexibility index (Phi) is 4.53. The van der Waals surface area contributed by atoms with E-state index in [1.54, 1.807) is 13.0 Å². The average Bonchev–Trinajstić information content (AvgIpc) is 2.90. The lowest BCUT2D eigenvalue weighted by molar-refractivity contribution is -0.384. The smallest absolute Gasteiger partial charge is 0.280 e. The highest BCUT2D eigenvalue weighted by Crippen LogP contribution is 2.27. The number of rotatable bonds is 4. The summed E-state index contributed by atoms with van der Waals surface area (Å²) in [6, 6.07) is 13.6. The Morgan fingerprint density at radius 2 is 1.69 bits per heavy atom. The monoisotopic (exact) mass is 350 g/mol. The first-order chi connectivity index (χ1) is 12.4. The molecule has 132 valence electrons. The van der Waals surface area contributed by atoms with Crippen molar-refractivity contribution in [3.63, 3.8) is 0 Å². The number of nitrogens with zero attached hydrogens (tertiary/aromatic N) is 4. The number of anilines is 2. The lowest BCUT2D eigenvalue weighted by Crippen LogP contribution is -2.21. The van der Waals surface area contributed by atoms with Crippen LogP contribution in [0, 0.1) is 10.1 Å². The summed E-state index contributed by atoms with van der Waals surface area (Å²) in [5.74, 6) is -0.256. The molecular formula is C19H18N4O3. The Bertz CT molecular complexity index is 913. The number of non-ortho nitro benzene ring substituents is 1. The van der Waals surface area contributed by atoms with Crippen LogP contribution in [0.1, 0.15) is 12.5 Å². The topological polar surface area (TPSA) is 79.0 Å². The van der Waals surface area contributed by atoms with Gasteiger partial charge in [0.25, 0.3) is 11.6 Å². The van der Waals surface area contributed by atoms with E-state index in [1.807, 2.05) is 43.3 Å². The van der Waals surface area contributed by atoms with Crippen molar-refractivity contribution in [2.45, 2.75) is 6.92 Å². The van der Waals surface area contributed by atoms with Gasteiger partial charge in [0.15, 0.2) is 0 Å². The Hall–Kier alpha value is -3.48. The van der Waals surface area contributed by atoms with Crippen LogP contribution in [0.15, 0.2) is 59.2 Å². The van der Waals surface area contributed by atoms with Crippen LogP contribution in [0.2, 0.25) is 0 Å². The van der Waals surface area contributed by atoms with Gasteiger partial charge in [0.05, 0.1) is 21.9 Å². The van der Waals surface area contributed by atoms with Gasteiger partial charge in [-0.3, -0.25) is 14.9 Å². The van der Waals surface area contributed by atoms with Crippen molar-refractivity contribution < 1.29 is 9.72 Å². The van der Waals surface area contributed by atoms with Gasteiger partial charge in [0.2, 0.25) is 0 Å². The van der Waals surface area contributed by atoms with Gasteiger partial charge in [-0.2, -0.15) is 10.1 Å². The number of hydrogen-bond donors (Lipinski definition) is 0. The van der Waals surface area contributed by atoms with Crippen molar-refractivity contribution in [2.75, 3.05) is 24.0 Å². The quantitative estimate of drug-likeness (QED) is 0.480. The highest BCUT2D eigenvalue weighted by molar-refractivity contribution is 6.32. The van der Waals surface area contributed by atoms with Gasteiger partial charge in [-0.1, -0.05) is 12.1 Å². The summed E-state index contributed by atoms with van der Waals surface area (Å²) in [6.07, 6.45) is 1.80. The molecule has 2 aromatic carbocycles. The molecule has 1 heterocycles. The Balaban J connectivity index is 1.86. The van der Waals surface area contributed by atoms with Crippen LogP contribution in [-0.4, -0.2) is 30.6 Å². The number of amides is 1. The number of hydrogen-bond acceptors (Lipinski definition) is 5. The molecule has 0 aliphatic carbocycles. The summed E-state index contributed by atoms with van der Waals surface area (Å²) in [5.41, 5.74) is 3.54. The van der Waals surface area contributed by atoms with Crippen molar-refractivity contribution in [1.29, 1.82) is 0 Å². The van der Waals surface area contributed by atoms with Gasteiger partial charge in [-0.25, -0.2) is 0 Å². The molecule has 1 aliphatic rings. The largest absolute Gasteiger partial charge is 0.378 e. The van der Waals surface area contributed by atoms with Crippen molar-refractivity contribution >= 4 is 34.8 Å². The summed E-state index contributed by atoms with van der Waals surface area (Å²) in [6.45, 7) is 1.77. The van der Waals surface area contributed by atoms with Gasteiger partial charge in [0.1, 0.15) is 0 Å². The zero-order chi connectivity index (χ0) is 18.8. The summed E-state index contributed by atoms with van der Waals surface area (Å²) >= 11 is 0. The molecule has 26 heavy (non-hydrogen) atoms. The number of nitro groups is 1. The maximum absolute atomic E-state index is 12.7. The zero-order valence-corrected chi connectivity index (χ0v) is 14.7. The molecule has 0 saturated heterocycles. The van der Waals surface area contributed by atoms with Gasteiger partial charge < -0.3 is 4.90 Å². The summed E-state index contributed by atoms with van der Waals surface area (Å²) in [4.78, 5) is 25.0. The predicted octanol–water partition coefficient (Wildman–Crippen LogP) is 3.47. The second-order valence-corrected chi connectivity index (χ2v) is 6.12. The molecule has 2 aromatic rings. The van der Waals surface area contributed by atoms with E-state index in [2.05, 4.69) is 5.10 Å². The standard InChI is InChI=1S/C19H18N4O3/c1-13-18(12-14-4-6-15(7-5-14)21(2)3)19(24)22(20-13)16-8-10-17(11-9-16)23(25)26/h4-12H,1-3H3/b18-12+. The summed E-state index contributed by atoms with van der Waals surface area (Å²) in [5, 5.41) is 16.3. The third-order valence-corrected chi connectivity index (χ3v) is 4.09. The van der Waals surface area contributed by atoms with Crippen LogP contribution >= 0.6 is 0 Å². The number of carbonyl (C=O) groups excluding carboxylic acids is 1. The van der Waals surface area contributed by atoms with E-state index in [4.69, 9.17) is 0 Å². The molecule has 0 saturated carbocycles. The fourth-order valence-electron chi connectivity index (χ4n) is 2.61. The Morgan fingerprint density at radius 3 is 2.23 bits per heavy atom. The normalized spacial score (nSPS) is 15.3. The molecular weight excluding hydrogens is 332 g/mol. The van der Waals surface area contributed by atoms with Crippen LogP contribution in [0.5, 0.6) is 0 Å². The van der Waals surface area contributed by atoms with Gasteiger partial charge in [-0.15, -0.1) is 0 Å². The van der Waals surface area contributed by atoms with Crippen molar-refractivity contribution in [3.8, 4) is 0 Å². The second-order valence-electron chi connectivity index (χ2n) is 6.12. The fourth-order valence-corrected chi connectivity index (χ4v) is 2.61. The molecule has 0 spiro atoms. The first-order valence-corrected chi connectivity index (χ1v) is 8.00.